The van der Waals surface area contributed by atoms with Gasteiger partial charge < -0.3 is 10.1 Å². The van der Waals surface area contributed by atoms with Gasteiger partial charge in [0, 0.05) is 16.1 Å². The molecule has 1 saturated heterocycles. The number of nitrogens with zero attached hydrogens (tertiary/aromatic N) is 1. The van der Waals surface area contributed by atoms with Crippen molar-refractivity contribution in [2.45, 2.75) is 11.5 Å². The predicted molar refractivity (Wildman–Crippen MR) is 137 cm³/mol. The Balaban J connectivity index is 1.40. The molecule has 3 amide bonds. The molecule has 4 rings (SSSR count). The van der Waals surface area contributed by atoms with Crippen molar-refractivity contribution in [3.05, 3.63) is 94.6 Å². The maximum Gasteiger partial charge on any atom is 0.294 e. The van der Waals surface area contributed by atoms with Crippen LogP contribution in [0.5, 0.6) is 5.75 Å². The minimum atomic E-state index is -0.536. The molecule has 0 atom stereocenters. The standard InChI is InChI=1S/C26H21FN2O4S2/c1-34-21-10-5-8-19(14-21)28-24(30)15-29-25(31)23(35-26(29)32)13-17-6-4-9-20(12-17)33-16-18-7-2-3-11-22(18)27/h2-14H,15-16H2,1H3,(H,28,30)/b23-13+. The Morgan fingerprint density at radius 1 is 1.09 bits per heavy atom. The fourth-order valence-electron chi connectivity index (χ4n) is 3.30. The minimum absolute atomic E-state index is 0.0571. The molecule has 3 aromatic carbocycles. The highest BCUT2D eigenvalue weighted by molar-refractivity contribution is 8.18. The van der Waals surface area contributed by atoms with Crippen LogP contribution in [0.2, 0.25) is 0 Å². The second kappa shape index (κ2) is 11.2. The van der Waals surface area contributed by atoms with E-state index in [1.54, 1.807) is 66.4 Å². The summed E-state index contributed by atoms with van der Waals surface area (Å²) < 4.78 is 19.5. The van der Waals surface area contributed by atoms with E-state index in [0.717, 1.165) is 21.6 Å². The van der Waals surface area contributed by atoms with E-state index in [0.29, 0.717) is 22.6 Å². The Hall–Kier alpha value is -3.56. The van der Waals surface area contributed by atoms with Crippen molar-refractivity contribution in [3.8, 4) is 5.75 Å². The molecule has 0 aromatic heterocycles. The summed E-state index contributed by atoms with van der Waals surface area (Å²) in [5, 5.41) is 2.21. The van der Waals surface area contributed by atoms with Crippen LogP contribution in [0.3, 0.4) is 0 Å². The summed E-state index contributed by atoms with van der Waals surface area (Å²) in [7, 11) is 0. The number of hydrogen-bond donors (Lipinski definition) is 1. The van der Waals surface area contributed by atoms with Crippen molar-refractivity contribution >= 4 is 52.3 Å². The Bertz CT molecular complexity index is 1310. The van der Waals surface area contributed by atoms with Gasteiger partial charge in [-0.2, -0.15) is 0 Å². The molecule has 0 bridgehead atoms. The number of hydrogen-bond acceptors (Lipinski definition) is 6. The summed E-state index contributed by atoms with van der Waals surface area (Å²) in [5.41, 5.74) is 1.66. The number of carbonyl (C=O) groups excluding carboxylic acids is 3. The fourth-order valence-corrected chi connectivity index (χ4v) is 4.60. The molecule has 6 nitrogen and oxygen atoms in total. The Morgan fingerprint density at radius 3 is 2.69 bits per heavy atom. The maximum atomic E-state index is 13.8. The maximum absolute atomic E-state index is 13.8. The third kappa shape index (κ3) is 6.32. The van der Waals surface area contributed by atoms with Gasteiger partial charge in [-0.25, -0.2) is 4.39 Å². The van der Waals surface area contributed by atoms with Crippen molar-refractivity contribution in [2.24, 2.45) is 0 Å². The van der Waals surface area contributed by atoms with E-state index >= 15 is 0 Å². The normalized spacial score (nSPS) is 14.5. The number of anilines is 1. The number of amides is 3. The molecule has 9 heteroatoms. The average Bonchev–Trinajstić information content (AvgIpc) is 3.11. The lowest BCUT2D eigenvalue weighted by Gasteiger charge is -2.12. The van der Waals surface area contributed by atoms with Gasteiger partial charge in [0.1, 0.15) is 24.7 Å². The van der Waals surface area contributed by atoms with Gasteiger partial charge in [-0.1, -0.05) is 36.4 Å². The number of thioether (sulfide) groups is 2. The first-order valence-corrected chi connectivity index (χ1v) is 12.6. The van der Waals surface area contributed by atoms with Crippen LogP contribution in [0.25, 0.3) is 6.08 Å². The predicted octanol–water partition coefficient (Wildman–Crippen LogP) is 5.80. The quantitative estimate of drug-likeness (QED) is 0.306. The molecule has 3 aromatic rings. The molecule has 0 unspecified atom stereocenters. The van der Waals surface area contributed by atoms with E-state index in [1.165, 1.54) is 6.07 Å². The van der Waals surface area contributed by atoms with Gasteiger partial charge in [-0.05, 0) is 66.1 Å². The summed E-state index contributed by atoms with van der Waals surface area (Å²) in [5.74, 6) is -0.854. The van der Waals surface area contributed by atoms with E-state index in [4.69, 9.17) is 4.74 Å². The number of carbonyl (C=O) groups is 3. The van der Waals surface area contributed by atoms with Crippen LogP contribution in [-0.4, -0.2) is 34.8 Å². The van der Waals surface area contributed by atoms with Crippen LogP contribution >= 0.6 is 23.5 Å². The smallest absolute Gasteiger partial charge is 0.294 e. The molecule has 1 aliphatic rings. The first-order valence-electron chi connectivity index (χ1n) is 10.6. The molecule has 0 aliphatic carbocycles. The van der Waals surface area contributed by atoms with Crippen molar-refractivity contribution in [1.29, 1.82) is 0 Å². The zero-order valence-corrected chi connectivity index (χ0v) is 20.3. The molecular weight excluding hydrogens is 487 g/mol. The lowest BCUT2D eigenvalue weighted by molar-refractivity contribution is -0.127. The van der Waals surface area contributed by atoms with Crippen LogP contribution < -0.4 is 10.1 Å². The first-order chi connectivity index (χ1) is 16.9. The highest BCUT2D eigenvalue weighted by Crippen LogP contribution is 2.32. The second-order valence-electron chi connectivity index (χ2n) is 7.50. The minimum Gasteiger partial charge on any atom is -0.489 e. The third-order valence-corrected chi connectivity index (χ3v) is 6.67. The average molecular weight is 509 g/mol. The monoisotopic (exact) mass is 508 g/mol. The topological polar surface area (TPSA) is 75.7 Å². The van der Waals surface area contributed by atoms with Crippen LogP contribution in [0.4, 0.5) is 14.9 Å². The Labute approximate surface area is 210 Å². The van der Waals surface area contributed by atoms with E-state index in [9.17, 15) is 18.8 Å². The van der Waals surface area contributed by atoms with Crippen LogP contribution in [0.1, 0.15) is 11.1 Å². The van der Waals surface area contributed by atoms with E-state index in [1.807, 2.05) is 24.5 Å². The largest absolute Gasteiger partial charge is 0.489 e. The molecule has 178 valence electrons. The van der Waals surface area contributed by atoms with Gasteiger partial charge in [0.15, 0.2) is 0 Å². The molecule has 35 heavy (non-hydrogen) atoms. The van der Waals surface area contributed by atoms with Gasteiger partial charge in [0.05, 0.1) is 4.91 Å². The molecule has 0 spiro atoms. The lowest BCUT2D eigenvalue weighted by atomic mass is 10.2. The highest BCUT2D eigenvalue weighted by Gasteiger charge is 2.36. The number of halogens is 1. The first kappa shape index (κ1) is 24.6. The van der Waals surface area contributed by atoms with Gasteiger partial charge in [0.25, 0.3) is 11.1 Å². The Kier molecular flexibility index (Phi) is 7.89. The molecule has 1 heterocycles. The van der Waals surface area contributed by atoms with Gasteiger partial charge >= 0.3 is 0 Å². The number of rotatable bonds is 8. The molecule has 1 N–H and O–H groups in total. The zero-order valence-electron chi connectivity index (χ0n) is 18.7. The van der Waals surface area contributed by atoms with Crippen molar-refractivity contribution in [3.63, 3.8) is 0 Å². The molecule has 1 aliphatic heterocycles. The molecule has 0 saturated carbocycles. The molecule has 0 radical (unpaired) electrons. The Morgan fingerprint density at radius 2 is 1.89 bits per heavy atom. The van der Waals surface area contributed by atoms with Gasteiger partial charge in [-0.15, -0.1) is 11.8 Å². The number of imide groups is 1. The number of nitrogens with one attached hydrogen (secondary N) is 1. The number of ether oxygens (including phenoxy) is 1. The molecular formula is C26H21FN2O4S2. The lowest BCUT2D eigenvalue weighted by Crippen LogP contribution is -2.36. The number of benzene rings is 3. The molecule has 1 fully saturated rings. The third-order valence-electron chi connectivity index (χ3n) is 5.04. The van der Waals surface area contributed by atoms with E-state index in [-0.39, 0.29) is 23.9 Å². The summed E-state index contributed by atoms with van der Waals surface area (Å²) in [4.78, 5) is 39.8. The van der Waals surface area contributed by atoms with E-state index in [2.05, 4.69) is 5.32 Å². The van der Waals surface area contributed by atoms with Crippen LogP contribution in [0.15, 0.2) is 82.6 Å². The van der Waals surface area contributed by atoms with Crippen molar-refractivity contribution in [1.82, 2.24) is 4.90 Å². The summed E-state index contributed by atoms with van der Waals surface area (Å²) in [6.07, 6.45) is 3.50. The summed E-state index contributed by atoms with van der Waals surface area (Å²) in [6.45, 7) is -0.321. The van der Waals surface area contributed by atoms with Crippen LogP contribution in [0, 0.1) is 5.82 Å². The highest BCUT2D eigenvalue weighted by atomic mass is 32.2. The second-order valence-corrected chi connectivity index (χ2v) is 9.37. The zero-order chi connectivity index (χ0) is 24.8. The SMILES string of the molecule is CSc1cccc(NC(=O)CN2C(=O)S/C(=C/c3cccc(OCc4ccccc4F)c3)C2=O)c1. The van der Waals surface area contributed by atoms with Gasteiger partial charge in [0.2, 0.25) is 5.91 Å². The van der Waals surface area contributed by atoms with Crippen LogP contribution in [-0.2, 0) is 16.2 Å². The van der Waals surface area contributed by atoms with Crippen molar-refractivity contribution < 1.29 is 23.5 Å². The van der Waals surface area contributed by atoms with Gasteiger partial charge in [-0.3, -0.25) is 19.3 Å². The summed E-state index contributed by atoms with van der Waals surface area (Å²) >= 11 is 2.32. The van der Waals surface area contributed by atoms with Crippen molar-refractivity contribution in [2.75, 3.05) is 18.1 Å². The van der Waals surface area contributed by atoms with E-state index < -0.39 is 17.1 Å². The summed E-state index contributed by atoms with van der Waals surface area (Å²) in [6, 6.07) is 20.6. The fraction of sp³-hybridized carbons (Fsp3) is 0.115.